The van der Waals surface area contributed by atoms with E-state index in [0.717, 1.165) is 28.4 Å². The van der Waals surface area contributed by atoms with Crippen molar-refractivity contribution < 1.29 is 9.18 Å². The summed E-state index contributed by atoms with van der Waals surface area (Å²) >= 11 is 1.52. The second-order valence-corrected chi connectivity index (χ2v) is 7.45. The van der Waals surface area contributed by atoms with Crippen LogP contribution >= 0.6 is 11.8 Å². The number of nitrogens with zero attached hydrogens (tertiary/aromatic N) is 3. The van der Waals surface area contributed by atoms with Crippen molar-refractivity contribution in [3.63, 3.8) is 0 Å². The predicted octanol–water partition coefficient (Wildman–Crippen LogP) is 4.42. The van der Waals surface area contributed by atoms with Crippen LogP contribution in [-0.4, -0.2) is 20.7 Å². The number of aryl methyl sites for hydroxylation is 1. The molecule has 3 aromatic rings. The number of amides is 1. The smallest absolute Gasteiger partial charge is 0.220 e. The zero-order valence-corrected chi connectivity index (χ0v) is 16.8. The third kappa shape index (κ3) is 5.19. The Balaban J connectivity index is 1.83. The fraction of sp³-hybridized carbons (Fsp3) is 0.286. The molecular weight excluding hydrogens is 375 g/mol. The molecule has 7 heteroatoms. The Hall–Kier alpha value is -2.67. The molecule has 0 saturated heterocycles. The molecular formula is C21H23FN4OS. The van der Waals surface area contributed by atoms with E-state index in [4.69, 9.17) is 0 Å². The molecule has 5 nitrogen and oxygen atoms in total. The largest absolute Gasteiger partial charge is 0.349 e. The zero-order chi connectivity index (χ0) is 19.9. The van der Waals surface area contributed by atoms with E-state index >= 15 is 0 Å². The first kappa shape index (κ1) is 20.1. The molecule has 1 heterocycles. The molecule has 146 valence electrons. The van der Waals surface area contributed by atoms with E-state index in [0.29, 0.717) is 24.5 Å². The molecule has 0 fully saturated rings. The highest BCUT2D eigenvalue weighted by atomic mass is 32.2. The first-order valence-corrected chi connectivity index (χ1v) is 10.2. The van der Waals surface area contributed by atoms with Crippen LogP contribution in [0, 0.1) is 12.7 Å². The number of nitrogens with one attached hydrogen (secondary N) is 1. The van der Waals surface area contributed by atoms with Gasteiger partial charge in [0.2, 0.25) is 5.91 Å². The summed E-state index contributed by atoms with van der Waals surface area (Å²) in [5.74, 6) is 1.07. The van der Waals surface area contributed by atoms with Crippen LogP contribution in [0.2, 0.25) is 0 Å². The minimum atomic E-state index is -0.248. The van der Waals surface area contributed by atoms with Crippen LogP contribution in [0.15, 0.2) is 53.7 Å². The number of carbonyl (C=O) groups is 1. The van der Waals surface area contributed by atoms with Crippen molar-refractivity contribution in [3.05, 3.63) is 71.3 Å². The van der Waals surface area contributed by atoms with Crippen LogP contribution in [0.1, 0.15) is 36.7 Å². The minimum Gasteiger partial charge on any atom is -0.349 e. The van der Waals surface area contributed by atoms with Gasteiger partial charge in [-0.1, -0.05) is 48.5 Å². The average molecular weight is 399 g/mol. The molecule has 1 N–H and O–H groups in total. The monoisotopic (exact) mass is 398 g/mol. The van der Waals surface area contributed by atoms with Crippen molar-refractivity contribution in [2.75, 3.05) is 0 Å². The van der Waals surface area contributed by atoms with E-state index in [1.165, 1.54) is 23.9 Å². The molecule has 0 bridgehead atoms. The normalized spacial score (nSPS) is 10.8. The molecule has 1 amide bonds. The lowest BCUT2D eigenvalue weighted by molar-refractivity contribution is -0.121. The van der Waals surface area contributed by atoms with E-state index in [9.17, 15) is 9.18 Å². The van der Waals surface area contributed by atoms with Crippen molar-refractivity contribution in [3.8, 4) is 5.69 Å². The van der Waals surface area contributed by atoms with Crippen molar-refractivity contribution in [2.45, 2.75) is 44.1 Å². The topological polar surface area (TPSA) is 59.8 Å². The maximum absolute atomic E-state index is 13.1. The fourth-order valence-electron chi connectivity index (χ4n) is 2.68. The van der Waals surface area contributed by atoms with E-state index in [2.05, 4.69) is 15.5 Å². The van der Waals surface area contributed by atoms with Crippen molar-refractivity contribution >= 4 is 17.7 Å². The van der Waals surface area contributed by atoms with Gasteiger partial charge < -0.3 is 5.32 Å². The Labute approximate surface area is 168 Å². The van der Waals surface area contributed by atoms with Gasteiger partial charge in [-0.2, -0.15) is 0 Å². The first-order valence-electron chi connectivity index (χ1n) is 9.22. The van der Waals surface area contributed by atoms with Crippen LogP contribution in [0.5, 0.6) is 0 Å². The Bertz CT molecular complexity index is 923. The number of benzene rings is 2. The molecule has 0 atom stereocenters. The molecule has 28 heavy (non-hydrogen) atoms. The SMILES string of the molecule is CCCC(=O)NCc1nnc(SCc2ccc(F)cc2)n1-c1ccc(C)cc1. The molecule has 0 saturated carbocycles. The Kier molecular flexibility index (Phi) is 6.81. The van der Waals surface area contributed by atoms with E-state index in [-0.39, 0.29) is 11.7 Å². The Morgan fingerprint density at radius 3 is 2.50 bits per heavy atom. The van der Waals surface area contributed by atoms with E-state index in [1.807, 2.05) is 42.7 Å². The lowest BCUT2D eigenvalue weighted by atomic mass is 10.2. The number of rotatable bonds is 8. The average Bonchev–Trinajstić information content (AvgIpc) is 3.10. The summed E-state index contributed by atoms with van der Waals surface area (Å²) in [7, 11) is 0. The number of hydrogen-bond donors (Lipinski definition) is 1. The highest BCUT2D eigenvalue weighted by Gasteiger charge is 2.15. The molecule has 0 unspecified atom stereocenters. The maximum atomic E-state index is 13.1. The molecule has 1 aromatic heterocycles. The number of hydrogen-bond acceptors (Lipinski definition) is 4. The van der Waals surface area contributed by atoms with Crippen molar-refractivity contribution in [1.29, 1.82) is 0 Å². The zero-order valence-electron chi connectivity index (χ0n) is 16.0. The Morgan fingerprint density at radius 2 is 1.82 bits per heavy atom. The molecule has 0 aliphatic carbocycles. The summed E-state index contributed by atoms with van der Waals surface area (Å²) in [5, 5.41) is 12.2. The number of aromatic nitrogens is 3. The van der Waals surface area contributed by atoms with E-state index < -0.39 is 0 Å². The first-order chi connectivity index (χ1) is 13.6. The van der Waals surface area contributed by atoms with Gasteiger partial charge in [0.25, 0.3) is 0 Å². The third-order valence-electron chi connectivity index (χ3n) is 4.19. The van der Waals surface area contributed by atoms with Crippen LogP contribution < -0.4 is 5.32 Å². The lowest BCUT2D eigenvalue weighted by Crippen LogP contribution is -2.24. The lowest BCUT2D eigenvalue weighted by Gasteiger charge is -2.11. The summed E-state index contributed by atoms with van der Waals surface area (Å²) in [6.07, 6.45) is 1.29. The van der Waals surface area contributed by atoms with Gasteiger partial charge in [-0.3, -0.25) is 9.36 Å². The third-order valence-corrected chi connectivity index (χ3v) is 5.19. The van der Waals surface area contributed by atoms with Gasteiger partial charge in [-0.05, 0) is 43.2 Å². The van der Waals surface area contributed by atoms with Gasteiger partial charge in [-0.25, -0.2) is 4.39 Å². The summed E-state index contributed by atoms with van der Waals surface area (Å²) in [5.41, 5.74) is 3.11. The van der Waals surface area contributed by atoms with Gasteiger partial charge in [-0.15, -0.1) is 10.2 Å². The molecule has 0 aliphatic rings. The second-order valence-electron chi connectivity index (χ2n) is 6.51. The Morgan fingerprint density at radius 1 is 1.11 bits per heavy atom. The standard InChI is InChI=1S/C21H23FN4OS/c1-3-4-20(27)23-13-19-24-25-21(26(19)18-11-5-15(2)6-12-18)28-14-16-7-9-17(22)10-8-16/h5-12H,3-4,13-14H2,1-2H3,(H,23,27). The van der Waals surface area contributed by atoms with Crippen LogP contribution in [-0.2, 0) is 17.1 Å². The predicted molar refractivity (Wildman–Crippen MR) is 109 cm³/mol. The minimum absolute atomic E-state index is 0.00136. The van der Waals surface area contributed by atoms with Gasteiger partial charge in [0.05, 0.1) is 6.54 Å². The summed E-state index contributed by atoms with van der Waals surface area (Å²) < 4.78 is 15.1. The van der Waals surface area contributed by atoms with Gasteiger partial charge in [0.15, 0.2) is 11.0 Å². The number of halogens is 1. The van der Waals surface area contributed by atoms with E-state index in [1.54, 1.807) is 12.1 Å². The highest BCUT2D eigenvalue weighted by Crippen LogP contribution is 2.25. The maximum Gasteiger partial charge on any atom is 0.220 e. The van der Waals surface area contributed by atoms with Gasteiger partial charge >= 0.3 is 0 Å². The van der Waals surface area contributed by atoms with Crippen molar-refractivity contribution in [1.82, 2.24) is 20.1 Å². The van der Waals surface area contributed by atoms with Crippen LogP contribution in [0.25, 0.3) is 5.69 Å². The van der Waals surface area contributed by atoms with Crippen molar-refractivity contribution in [2.24, 2.45) is 0 Å². The highest BCUT2D eigenvalue weighted by molar-refractivity contribution is 7.98. The summed E-state index contributed by atoms with van der Waals surface area (Å²) in [4.78, 5) is 11.8. The van der Waals surface area contributed by atoms with Gasteiger partial charge in [0, 0.05) is 17.9 Å². The summed E-state index contributed by atoms with van der Waals surface area (Å²) in [6.45, 7) is 4.32. The molecule has 0 radical (unpaired) electrons. The van der Waals surface area contributed by atoms with Gasteiger partial charge in [0.1, 0.15) is 5.82 Å². The van der Waals surface area contributed by atoms with Crippen LogP contribution in [0.3, 0.4) is 0 Å². The molecule has 2 aromatic carbocycles. The van der Waals surface area contributed by atoms with Crippen LogP contribution in [0.4, 0.5) is 4.39 Å². The molecule has 0 aliphatic heterocycles. The quantitative estimate of drug-likeness (QED) is 0.571. The molecule has 0 spiro atoms. The second kappa shape index (κ2) is 9.50. The number of carbonyl (C=O) groups excluding carboxylic acids is 1. The number of thioether (sulfide) groups is 1. The fourth-order valence-corrected chi connectivity index (χ4v) is 3.61. The summed E-state index contributed by atoms with van der Waals surface area (Å²) in [6, 6.07) is 14.5. The molecule has 3 rings (SSSR count).